The molecule has 0 heterocycles. The molecule has 0 aromatic heterocycles. The van der Waals surface area contributed by atoms with Gasteiger partial charge in [-0.1, -0.05) is 97.1 Å². The number of allylic oxidation sites excluding steroid dienone is 2. The molecule has 0 saturated carbocycles. The van der Waals surface area contributed by atoms with Gasteiger partial charge in [0.25, 0.3) is 0 Å². The molecule has 0 radical (unpaired) electrons. The number of ketones is 1. The first-order valence-electron chi connectivity index (χ1n) is 14.5. The molecule has 0 saturated heterocycles. The van der Waals surface area contributed by atoms with E-state index in [0.717, 1.165) is 22.3 Å². The van der Waals surface area contributed by atoms with Crippen molar-refractivity contribution in [1.29, 1.82) is 0 Å². The van der Waals surface area contributed by atoms with Gasteiger partial charge in [-0.15, -0.1) is 0 Å². The first kappa shape index (κ1) is 29.9. The SMILES string of the molecule is CC=COc1ccc(C=CC(=O)c2ccc(OCc3ccccc3)cc2OCc2ccccc2)c(OCc2ccccc2)c1. The Bertz CT molecular complexity index is 1690. The Kier molecular flexibility index (Phi) is 10.6. The maximum absolute atomic E-state index is 13.6. The van der Waals surface area contributed by atoms with Crippen molar-refractivity contribution in [2.75, 3.05) is 0 Å². The van der Waals surface area contributed by atoms with E-state index in [1.54, 1.807) is 30.5 Å². The number of carbonyl (C=O) groups excluding carboxylic acids is 1. The van der Waals surface area contributed by atoms with Crippen LogP contribution in [0.1, 0.15) is 39.5 Å². The molecule has 5 aromatic carbocycles. The fraction of sp³-hybridized carbons (Fsp3) is 0.103. The van der Waals surface area contributed by atoms with Crippen molar-refractivity contribution in [2.45, 2.75) is 26.7 Å². The molecule has 0 fully saturated rings. The number of hydrogen-bond acceptors (Lipinski definition) is 5. The van der Waals surface area contributed by atoms with Crippen LogP contribution >= 0.6 is 0 Å². The first-order valence-corrected chi connectivity index (χ1v) is 14.5. The molecule has 0 aliphatic carbocycles. The van der Waals surface area contributed by atoms with Crippen LogP contribution in [0.2, 0.25) is 0 Å². The van der Waals surface area contributed by atoms with Crippen LogP contribution in [0.4, 0.5) is 0 Å². The lowest BCUT2D eigenvalue weighted by atomic mass is 10.1. The fourth-order valence-corrected chi connectivity index (χ4v) is 4.38. The lowest BCUT2D eigenvalue weighted by molar-refractivity contribution is 0.104. The Labute approximate surface area is 258 Å². The molecule has 0 amide bonds. The minimum atomic E-state index is -0.203. The fourth-order valence-electron chi connectivity index (χ4n) is 4.38. The van der Waals surface area contributed by atoms with E-state index in [1.165, 1.54) is 6.08 Å². The molecule has 5 aromatic rings. The summed E-state index contributed by atoms with van der Waals surface area (Å²) in [5.41, 5.74) is 4.26. The molecule has 0 bridgehead atoms. The van der Waals surface area contributed by atoms with Crippen molar-refractivity contribution in [3.8, 4) is 23.0 Å². The lowest BCUT2D eigenvalue weighted by Crippen LogP contribution is -2.04. The summed E-state index contributed by atoms with van der Waals surface area (Å²) in [4.78, 5) is 13.6. The van der Waals surface area contributed by atoms with E-state index >= 15 is 0 Å². The van der Waals surface area contributed by atoms with Gasteiger partial charge in [0.2, 0.25) is 0 Å². The van der Waals surface area contributed by atoms with Gasteiger partial charge < -0.3 is 18.9 Å². The molecule has 0 N–H and O–H groups in total. The van der Waals surface area contributed by atoms with Crippen LogP contribution in [0, 0.1) is 0 Å². The minimum absolute atomic E-state index is 0.203. The average molecular weight is 583 g/mol. The van der Waals surface area contributed by atoms with Crippen molar-refractivity contribution < 1.29 is 23.7 Å². The smallest absolute Gasteiger partial charge is 0.189 e. The van der Waals surface area contributed by atoms with Crippen molar-refractivity contribution in [3.05, 3.63) is 174 Å². The summed E-state index contributed by atoms with van der Waals surface area (Å²) in [6.07, 6.45) is 6.71. The minimum Gasteiger partial charge on any atom is -0.489 e. The average Bonchev–Trinajstić information content (AvgIpc) is 3.08. The van der Waals surface area contributed by atoms with E-state index in [-0.39, 0.29) is 5.78 Å². The van der Waals surface area contributed by atoms with E-state index in [0.29, 0.717) is 48.4 Å². The molecule has 0 atom stereocenters. The van der Waals surface area contributed by atoms with E-state index in [1.807, 2.05) is 122 Å². The predicted molar refractivity (Wildman–Crippen MR) is 174 cm³/mol. The van der Waals surface area contributed by atoms with Gasteiger partial charge in [-0.05, 0) is 60.0 Å². The van der Waals surface area contributed by atoms with Gasteiger partial charge in [0.05, 0.1) is 11.8 Å². The van der Waals surface area contributed by atoms with Gasteiger partial charge in [-0.2, -0.15) is 0 Å². The van der Waals surface area contributed by atoms with Gasteiger partial charge in [-0.25, -0.2) is 0 Å². The molecule has 5 nitrogen and oxygen atoms in total. The van der Waals surface area contributed by atoms with Gasteiger partial charge in [0.15, 0.2) is 5.78 Å². The molecule has 0 unspecified atom stereocenters. The van der Waals surface area contributed by atoms with Crippen LogP contribution in [0.15, 0.2) is 146 Å². The first-order chi connectivity index (χ1) is 21.7. The molecule has 220 valence electrons. The highest BCUT2D eigenvalue weighted by molar-refractivity contribution is 6.08. The zero-order valence-electron chi connectivity index (χ0n) is 24.6. The highest BCUT2D eigenvalue weighted by Crippen LogP contribution is 2.30. The molecule has 5 rings (SSSR count). The standard InChI is InChI=1S/C39H34O5/c1-2-24-41-34-20-18-33(38(25-34)43-28-31-14-8-4-9-15-31)19-23-37(40)36-22-21-35(42-27-30-12-6-3-7-13-30)26-39(36)44-29-32-16-10-5-11-17-32/h2-26H,27-29H2,1H3. The van der Waals surface area contributed by atoms with E-state index in [2.05, 4.69) is 0 Å². The molecular formula is C39H34O5. The molecule has 44 heavy (non-hydrogen) atoms. The maximum Gasteiger partial charge on any atom is 0.189 e. The van der Waals surface area contributed by atoms with Crippen LogP contribution in [-0.4, -0.2) is 5.78 Å². The predicted octanol–water partition coefficient (Wildman–Crippen LogP) is 9.23. The molecular weight excluding hydrogens is 548 g/mol. The van der Waals surface area contributed by atoms with Crippen molar-refractivity contribution in [3.63, 3.8) is 0 Å². The Hall–Kier alpha value is -5.55. The third kappa shape index (κ3) is 8.73. The Morgan fingerprint density at radius 3 is 1.70 bits per heavy atom. The summed E-state index contributed by atoms with van der Waals surface area (Å²) in [7, 11) is 0. The monoisotopic (exact) mass is 582 g/mol. The maximum atomic E-state index is 13.6. The second kappa shape index (κ2) is 15.6. The third-order valence-corrected chi connectivity index (χ3v) is 6.68. The van der Waals surface area contributed by atoms with Gasteiger partial charge in [-0.3, -0.25) is 4.79 Å². The molecule has 0 spiro atoms. The lowest BCUT2D eigenvalue weighted by Gasteiger charge is -2.13. The van der Waals surface area contributed by atoms with Crippen LogP contribution in [-0.2, 0) is 19.8 Å². The topological polar surface area (TPSA) is 54.0 Å². The number of benzene rings is 5. The molecule has 5 heteroatoms. The van der Waals surface area contributed by atoms with Gasteiger partial charge in [0, 0.05) is 17.7 Å². The van der Waals surface area contributed by atoms with Crippen LogP contribution in [0.25, 0.3) is 6.08 Å². The summed E-state index contributed by atoms with van der Waals surface area (Å²) in [6.45, 7) is 2.99. The highest BCUT2D eigenvalue weighted by Gasteiger charge is 2.14. The largest absolute Gasteiger partial charge is 0.489 e. The summed E-state index contributed by atoms with van der Waals surface area (Å²) in [5.74, 6) is 2.10. The van der Waals surface area contributed by atoms with E-state index in [4.69, 9.17) is 18.9 Å². The number of ether oxygens (including phenoxy) is 4. The van der Waals surface area contributed by atoms with Crippen LogP contribution < -0.4 is 18.9 Å². The quantitative estimate of drug-likeness (QED) is 0.0742. The second-order valence-corrected chi connectivity index (χ2v) is 9.97. The Morgan fingerprint density at radius 2 is 1.11 bits per heavy atom. The summed E-state index contributed by atoms with van der Waals surface area (Å²) < 4.78 is 24.0. The number of rotatable bonds is 14. The van der Waals surface area contributed by atoms with E-state index in [9.17, 15) is 4.79 Å². The molecule has 0 aliphatic rings. The van der Waals surface area contributed by atoms with Gasteiger partial charge in [0.1, 0.15) is 42.8 Å². The highest BCUT2D eigenvalue weighted by atomic mass is 16.5. The van der Waals surface area contributed by atoms with Crippen molar-refractivity contribution in [1.82, 2.24) is 0 Å². The van der Waals surface area contributed by atoms with E-state index < -0.39 is 0 Å². The normalized spacial score (nSPS) is 11.0. The second-order valence-electron chi connectivity index (χ2n) is 9.97. The summed E-state index contributed by atoms with van der Waals surface area (Å²) in [6, 6.07) is 40.5. The zero-order chi connectivity index (χ0) is 30.4. The van der Waals surface area contributed by atoms with Crippen molar-refractivity contribution in [2.24, 2.45) is 0 Å². The van der Waals surface area contributed by atoms with Gasteiger partial charge >= 0.3 is 0 Å². The number of hydrogen-bond donors (Lipinski definition) is 0. The third-order valence-electron chi connectivity index (χ3n) is 6.68. The zero-order valence-corrected chi connectivity index (χ0v) is 24.6. The summed E-state index contributed by atoms with van der Waals surface area (Å²) in [5, 5.41) is 0. The van der Waals surface area contributed by atoms with Crippen LogP contribution in [0.3, 0.4) is 0 Å². The summed E-state index contributed by atoms with van der Waals surface area (Å²) >= 11 is 0. The van der Waals surface area contributed by atoms with Crippen molar-refractivity contribution >= 4 is 11.9 Å². The number of carbonyl (C=O) groups is 1. The molecule has 0 aliphatic heterocycles. The van der Waals surface area contributed by atoms with Crippen LogP contribution in [0.5, 0.6) is 23.0 Å². The Balaban J connectivity index is 1.37. The Morgan fingerprint density at radius 1 is 0.591 bits per heavy atom.